The van der Waals surface area contributed by atoms with Crippen LogP contribution in [0.4, 0.5) is 0 Å². The number of rotatable bonds is 6. The van der Waals surface area contributed by atoms with Crippen molar-refractivity contribution >= 4 is 0 Å². The zero-order chi connectivity index (χ0) is 12.0. The number of nitrogens with zero attached hydrogens (tertiary/aromatic N) is 1. The molecule has 0 radical (unpaired) electrons. The van der Waals surface area contributed by atoms with Crippen molar-refractivity contribution in [3.05, 3.63) is 29.8 Å². The third kappa shape index (κ3) is 4.64. The summed E-state index contributed by atoms with van der Waals surface area (Å²) in [5.41, 5.74) is 0.917. The number of ether oxygens (including phenoxy) is 1. The molecule has 0 aliphatic heterocycles. The fourth-order valence-electron chi connectivity index (χ4n) is 1.41. The molecule has 1 N–H and O–H groups in total. The van der Waals surface area contributed by atoms with Crippen LogP contribution in [0.2, 0.25) is 0 Å². The summed E-state index contributed by atoms with van der Waals surface area (Å²) >= 11 is 0. The minimum atomic E-state index is -0.414. The highest BCUT2D eigenvalue weighted by molar-refractivity contribution is 5.28. The molecule has 0 fully saturated rings. The van der Waals surface area contributed by atoms with E-state index in [0.29, 0.717) is 0 Å². The lowest BCUT2D eigenvalue weighted by Crippen LogP contribution is -2.15. The van der Waals surface area contributed by atoms with E-state index in [4.69, 9.17) is 4.74 Å². The predicted molar refractivity (Wildman–Crippen MR) is 65.7 cm³/mol. The molecule has 1 rings (SSSR count). The Hall–Kier alpha value is -1.06. The van der Waals surface area contributed by atoms with E-state index in [1.54, 1.807) is 6.92 Å². The summed E-state index contributed by atoms with van der Waals surface area (Å²) in [5.74, 6) is 0.864. The van der Waals surface area contributed by atoms with Gasteiger partial charge in [-0.05, 0) is 45.1 Å². The maximum Gasteiger partial charge on any atom is 0.119 e. The van der Waals surface area contributed by atoms with Gasteiger partial charge >= 0.3 is 0 Å². The van der Waals surface area contributed by atoms with E-state index >= 15 is 0 Å². The van der Waals surface area contributed by atoms with Crippen molar-refractivity contribution in [3.8, 4) is 5.75 Å². The molecule has 0 aliphatic carbocycles. The second-order valence-corrected chi connectivity index (χ2v) is 4.25. The van der Waals surface area contributed by atoms with Gasteiger partial charge in [0.05, 0.1) is 12.7 Å². The first-order valence-electron chi connectivity index (χ1n) is 5.65. The molecule has 0 saturated carbocycles. The quantitative estimate of drug-likeness (QED) is 0.749. The second kappa shape index (κ2) is 6.51. The fraction of sp³-hybridized carbons (Fsp3) is 0.538. The van der Waals surface area contributed by atoms with Gasteiger partial charge in [0, 0.05) is 6.54 Å². The van der Waals surface area contributed by atoms with Gasteiger partial charge in [-0.15, -0.1) is 0 Å². The number of hydrogen-bond acceptors (Lipinski definition) is 3. The third-order valence-electron chi connectivity index (χ3n) is 2.38. The maximum absolute atomic E-state index is 9.34. The van der Waals surface area contributed by atoms with Gasteiger partial charge in [0.1, 0.15) is 5.75 Å². The molecule has 0 aliphatic rings. The van der Waals surface area contributed by atoms with Crippen molar-refractivity contribution in [2.24, 2.45) is 0 Å². The molecule has 0 bridgehead atoms. The zero-order valence-electron chi connectivity index (χ0n) is 10.3. The van der Waals surface area contributed by atoms with Crippen molar-refractivity contribution in [2.45, 2.75) is 19.4 Å². The first kappa shape index (κ1) is 13.0. The highest BCUT2D eigenvalue weighted by Crippen LogP contribution is 2.17. The van der Waals surface area contributed by atoms with E-state index in [1.807, 2.05) is 24.3 Å². The van der Waals surface area contributed by atoms with Crippen molar-refractivity contribution in [1.82, 2.24) is 4.90 Å². The van der Waals surface area contributed by atoms with Gasteiger partial charge in [-0.1, -0.05) is 12.1 Å². The Labute approximate surface area is 97.7 Å². The molecule has 0 saturated heterocycles. The number of benzene rings is 1. The van der Waals surface area contributed by atoms with Gasteiger partial charge in [0.2, 0.25) is 0 Å². The van der Waals surface area contributed by atoms with E-state index in [9.17, 15) is 5.11 Å². The van der Waals surface area contributed by atoms with Crippen LogP contribution in [0.15, 0.2) is 24.3 Å². The van der Waals surface area contributed by atoms with Crippen LogP contribution in [0.5, 0.6) is 5.75 Å². The lowest BCUT2D eigenvalue weighted by atomic mass is 10.1. The van der Waals surface area contributed by atoms with Crippen LogP contribution >= 0.6 is 0 Å². The van der Waals surface area contributed by atoms with E-state index < -0.39 is 6.10 Å². The Kier molecular flexibility index (Phi) is 5.29. The van der Waals surface area contributed by atoms with Crippen LogP contribution in [0.25, 0.3) is 0 Å². The summed E-state index contributed by atoms with van der Waals surface area (Å²) < 4.78 is 5.58. The topological polar surface area (TPSA) is 32.7 Å². The highest BCUT2D eigenvalue weighted by atomic mass is 16.5. The lowest BCUT2D eigenvalue weighted by Gasteiger charge is -2.11. The van der Waals surface area contributed by atoms with Crippen molar-refractivity contribution in [3.63, 3.8) is 0 Å². The minimum absolute atomic E-state index is 0.414. The summed E-state index contributed by atoms with van der Waals surface area (Å²) in [7, 11) is 4.11. The predicted octanol–water partition coefficient (Wildman–Crippen LogP) is 2.07. The van der Waals surface area contributed by atoms with Crippen LogP contribution < -0.4 is 4.74 Å². The van der Waals surface area contributed by atoms with Crippen LogP contribution in [0.3, 0.4) is 0 Å². The van der Waals surface area contributed by atoms with Crippen LogP contribution in [0, 0.1) is 0 Å². The van der Waals surface area contributed by atoms with Gasteiger partial charge in [-0.3, -0.25) is 0 Å². The molecule has 1 atom stereocenters. The van der Waals surface area contributed by atoms with Crippen molar-refractivity contribution in [1.29, 1.82) is 0 Å². The Bertz CT molecular complexity index is 293. The summed E-state index contributed by atoms with van der Waals surface area (Å²) in [5, 5.41) is 9.34. The van der Waals surface area contributed by atoms with Crippen LogP contribution in [-0.2, 0) is 0 Å². The molecule has 0 unspecified atom stereocenters. The molecule has 0 amide bonds. The molecule has 0 spiro atoms. The fourth-order valence-corrected chi connectivity index (χ4v) is 1.41. The van der Waals surface area contributed by atoms with E-state index in [-0.39, 0.29) is 0 Å². The Morgan fingerprint density at radius 3 is 2.38 bits per heavy atom. The minimum Gasteiger partial charge on any atom is -0.494 e. The van der Waals surface area contributed by atoms with Gasteiger partial charge in [0.25, 0.3) is 0 Å². The summed E-state index contributed by atoms with van der Waals surface area (Å²) in [4.78, 5) is 2.14. The Balaban J connectivity index is 2.32. The third-order valence-corrected chi connectivity index (χ3v) is 2.38. The molecule has 16 heavy (non-hydrogen) atoms. The number of hydrogen-bond donors (Lipinski definition) is 1. The molecule has 90 valence electrons. The van der Waals surface area contributed by atoms with Gasteiger partial charge in [-0.25, -0.2) is 0 Å². The second-order valence-electron chi connectivity index (χ2n) is 4.25. The monoisotopic (exact) mass is 223 g/mol. The van der Waals surface area contributed by atoms with Gasteiger partial charge in [0.15, 0.2) is 0 Å². The zero-order valence-corrected chi connectivity index (χ0v) is 10.3. The molecular weight excluding hydrogens is 202 g/mol. The molecule has 3 heteroatoms. The average Bonchev–Trinajstić information content (AvgIpc) is 2.25. The molecule has 0 aromatic heterocycles. The van der Waals surface area contributed by atoms with E-state index in [2.05, 4.69) is 19.0 Å². The van der Waals surface area contributed by atoms with Gasteiger partial charge in [-0.2, -0.15) is 0 Å². The van der Waals surface area contributed by atoms with Crippen LogP contribution in [-0.4, -0.2) is 37.3 Å². The summed E-state index contributed by atoms with van der Waals surface area (Å²) in [6.07, 6.45) is 0.605. The normalized spacial score (nSPS) is 12.8. The highest BCUT2D eigenvalue weighted by Gasteiger charge is 2.00. The standard InChI is InChI=1S/C13H21NO2/c1-11(15)12-5-7-13(8-6-12)16-10-4-9-14(2)3/h5-8,11,15H,4,9-10H2,1-3H3/t11-/m1/s1. The smallest absolute Gasteiger partial charge is 0.119 e. The molecule has 1 aromatic rings. The van der Waals surface area contributed by atoms with E-state index in [0.717, 1.165) is 30.9 Å². The number of aliphatic hydroxyl groups is 1. The largest absolute Gasteiger partial charge is 0.494 e. The summed E-state index contributed by atoms with van der Waals surface area (Å²) in [6.45, 7) is 3.52. The maximum atomic E-state index is 9.34. The van der Waals surface area contributed by atoms with Gasteiger partial charge < -0.3 is 14.7 Å². The molecule has 0 heterocycles. The Morgan fingerprint density at radius 2 is 1.88 bits per heavy atom. The SMILES string of the molecule is C[C@@H](O)c1ccc(OCCCN(C)C)cc1. The number of aliphatic hydroxyl groups excluding tert-OH is 1. The first-order valence-corrected chi connectivity index (χ1v) is 5.65. The molecule has 3 nitrogen and oxygen atoms in total. The Morgan fingerprint density at radius 1 is 1.25 bits per heavy atom. The van der Waals surface area contributed by atoms with Crippen molar-refractivity contribution in [2.75, 3.05) is 27.2 Å². The lowest BCUT2D eigenvalue weighted by molar-refractivity contribution is 0.199. The molecule has 1 aromatic carbocycles. The average molecular weight is 223 g/mol. The summed E-state index contributed by atoms with van der Waals surface area (Å²) in [6, 6.07) is 7.59. The van der Waals surface area contributed by atoms with Crippen LogP contribution in [0.1, 0.15) is 25.0 Å². The molecular formula is C13H21NO2. The first-order chi connectivity index (χ1) is 7.59. The van der Waals surface area contributed by atoms with E-state index in [1.165, 1.54) is 0 Å². The van der Waals surface area contributed by atoms with Crippen molar-refractivity contribution < 1.29 is 9.84 Å².